The van der Waals surface area contributed by atoms with Crippen LogP contribution in [-0.4, -0.2) is 8.75 Å². The zero-order chi connectivity index (χ0) is 23.9. The van der Waals surface area contributed by atoms with Gasteiger partial charge in [0.1, 0.15) is 11.0 Å². The number of thiophene rings is 2. The first kappa shape index (κ1) is 26.7. The van der Waals surface area contributed by atoms with Gasteiger partial charge in [0.05, 0.1) is 24.3 Å². The maximum atomic E-state index is 6.81. The lowest BCUT2D eigenvalue weighted by Gasteiger charge is -2.06. The normalized spacial score (nSPS) is 11.6. The second-order valence-corrected chi connectivity index (χ2v) is 14.5. The SMILES string of the molecule is CCCCCCCCCCCCc1cc(-c2cc(Cl)c(-c3ccc(Br)s3)c3nsnc23)sc1Br. The van der Waals surface area contributed by atoms with E-state index in [1.54, 1.807) is 22.7 Å². The second-order valence-electron chi connectivity index (χ2n) is 8.69. The number of aryl methyl sites for hydroxylation is 1. The summed E-state index contributed by atoms with van der Waals surface area (Å²) in [6.45, 7) is 2.28. The van der Waals surface area contributed by atoms with Gasteiger partial charge in [-0.2, -0.15) is 8.75 Å². The van der Waals surface area contributed by atoms with Crippen LogP contribution in [0.2, 0.25) is 5.02 Å². The molecule has 0 aliphatic heterocycles. The summed E-state index contributed by atoms with van der Waals surface area (Å²) in [4.78, 5) is 2.31. The lowest BCUT2D eigenvalue weighted by molar-refractivity contribution is 0.556. The molecule has 8 heteroatoms. The minimum Gasteiger partial charge on any atom is -0.172 e. The molecule has 3 aromatic heterocycles. The van der Waals surface area contributed by atoms with Crippen LogP contribution < -0.4 is 0 Å². The van der Waals surface area contributed by atoms with Crippen LogP contribution >= 0.6 is 77.9 Å². The third-order valence-corrected chi connectivity index (χ3v) is 10.6. The number of nitrogens with zero attached hydrogens (tertiary/aromatic N) is 2. The number of aromatic nitrogens is 2. The summed E-state index contributed by atoms with van der Waals surface area (Å²) in [6, 6.07) is 8.51. The highest BCUT2D eigenvalue weighted by Gasteiger charge is 2.20. The number of hydrogen-bond donors (Lipinski definition) is 0. The van der Waals surface area contributed by atoms with Gasteiger partial charge >= 0.3 is 0 Å². The van der Waals surface area contributed by atoms with Crippen LogP contribution in [0.1, 0.15) is 76.7 Å². The molecule has 0 aliphatic carbocycles. The Kier molecular flexibility index (Phi) is 10.5. The molecular weight excluding hydrogens is 632 g/mol. The number of rotatable bonds is 13. The van der Waals surface area contributed by atoms with Gasteiger partial charge in [-0.05, 0) is 74.5 Å². The van der Waals surface area contributed by atoms with Crippen molar-refractivity contribution in [3.8, 4) is 20.9 Å². The van der Waals surface area contributed by atoms with E-state index >= 15 is 0 Å². The first-order valence-corrected chi connectivity index (χ1v) is 16.4. The lowest BCUT2D eigenvalue weighted by atomic mass is 10.0. The highest BCUT2D eigenvalue weighted by Crippen LogP contribution is 2.45. The molecule has 0 unspecified atom stereocenters. The topological polar surface area (TPSA) is 25.8 Å². The van der Waals surface area contributed by atoms with Gasteiger partial charge in [-0.25, -0.2) is 0 Å². The number of fused-ring (bicyclic) bond motifs is 1. The minimum absolute atomic E-state index is 0.727. The van der Waals surface area contributed by atoms with E-state index in [2.05, 4.69) is 65.7 Å². The standard InChI is InChI=1S/C26H29Br2ClN2S3/c1-2-3-4-5-6-7-8-9-10-11-12-17-15-21(33-26(17)28)18-16-19(29)23(20-13-14-22(27)32-20)25-24(18)30-34-31-25/h13-16H,2-12H2,1H3. The molecule has 0 saturated carbocycles. The zero-order valence-corrected chi connectivity index (χ0v) is 25.7. The molecule has 2 nitrogen and oxygen atoms in total. The van der Waals surface area contributed by atoms with Crippen LogP contribution in [0.5, 0.6) is 0 Å². The van der Waals surface area contributed by atoms with Crippen molar-refractivity contribution in [2.75, 3.05) is 0 Å². The van der Waals surface area contributed by atoms with Gasteiger partial charge in [-0.1, -0.05) is 76.3 Å². The van der Waals surface area contributed by atoms with Crippen molar-refractivity contribution in [2.45, 2.75) is 77.6 Å². The minimum atomic E-state index is 0.727. The maximum absolute atomic E-state index is 6.81. The molecule has 4 aromatic rings. The Morgan fingerprint density at radius 2 is 1.47 bits per heavy atom. The number of hydrogen-bond acceptors (Lipinski definition) is 5. The molecule has 3 heterocycles. The van der Waals surface area contributed by atoms with Crippen LogP contribution in [0, 0.1) is 0 Å². The summed E-state index contributed by atoms with van der Waals surface area (Å²) in [6.07, 6.45) is 14.7. The fourth-order valence-electron chi connectivity index (χ4n) is 4.29. The third-order valence-electron chi connectivity index (χ3n) is 6.13. The van der Waals surface area contributed by atoms with Gasteiger partial charge in [0, 0.05) is 20.9 Å². The Hall–Kier alpha value is -0.310. The summed E-state index contributed by atoms with van der Waals surface area (Å²) in [5.41, 5.74) is 5.27. The molecule has 0 amide bonds. The Morgan fingerprint density at radius 1 is 0.794 bits per heavy atom. The zero-order valence-electron chi connectivity index (χ0n) is 19.3. The number of unbranched alkanes of at least 4 members (excludes halogenated alkanes) is 9. The van der Waals surface area contributed by atoms with E-state index in [0.717, 1.165) is 42.3 Å². The van der Waals surface area contributed by atoms with Gasteiger partial charge in [0.2, 0.25) is 0 Å². The average molecular weight is 661 g/mol. The Balaban J connectivity index is 1.39. The average Bonchev–Trinajstić information content (AvgIpc) is 3.55. The van der Waals surface area contributed by atoms with Crippen molar-refractivity contribution >= 4 is 88.9 Å². The van der Waals surface area contributed by atoms with Crippen molar-refractivity contribution in [3.63, 3.8) is 0 Å². The molecule has 0 spiro atoms. The molecule has 34 heavy (non-hydrogen) atoms. The lowest BCUT2D eigenvalue weighted by Crippen LogP contribution is -1.86. The van der Waals surface area contributed by atoms with Gasteiger partial charge in [0.15, 0.2) is 0 Å². The van der Waals surface area contributed by atoms with Crippen LogP contribution in [0.4, 0.5) is 0 Å². The number of benzene rings is 1. The highest BCUT2D eigenvalue weighted by molar-refractivity contribution is 9.11. The van der Waals surface area contributed by atoms with Gasteiger partial charge in [0.25, 0.3) is 0 Å². The van der Waals surface area contributed by atoms with Gasteiger partial charge < -0.3 is 0 Å². The van der Waals surface area contributed by atoms with Crippen molar-refractivity contribution < 1.29 is 0 Å². The molecule has 0 atom stereocenters. The fourth-order valence-corrected chi connectivity index (χ4v) is 8.45. The summed E-state index contributed by atoms with van der Waals surface area (Å²) in [5.74, 6) is 0. The predicted octanol–water partition coefficient (Wildman–Crippen LogP) is 11.8. The maximum Gasteiger partial charge on any atom is 0.115 e. The van der Waals surface area contributed by atoms with Crippen molar-refractivity contribution in [1.82, 2.24) is 8.75 Å². The summed E-state index contributed by atoms with van der Waals surface area (Å²) < 4.78 is 11.6. The molecule has 4 rings (SSSR count). The molecule has 1 aromatic carbocycles. The van der Waals surface area contributed by atoms with E-state index in [4.69, 9.17) is 11.6 Å². The largest absolute Gasteiger partial charge is 0.172 e. The van der Waals surface area contributed by atoms with Crippen molar-refractivity contribution in [2.24, 2.45) is 0 Å². The third kappa shape index (κ3) is 6.71. The first-order valence-electron chi connectivity index (χ1n) is 12.1. The molecule has 0 N–H and O–H groups in total. The quantitative estimate of drug-likeness (QED) is 0.133. The van der Waals surface area contributed by atoms with Crippen LogP contribution in [-0.2, 0) is 6.42 Å². The number of halogens is 3. The van der Waals surface area contributed by atoms with Crippen molar-refractivity contribution in [3.05, 3.63) is 42.4 Å². The Labute approximate surface area is 236 Å². The van der Waals surface area contributed by atoms with E-state index in [1.807, 2.05) is 6.07 Å². The van der Waals surface area contributed by atoms with Gasteiger partial charge in [-0.3, -0.25) is 0 Å². The second kappa shape index (κ2) is 13.3. The summed E-state index contributed by atoms with van der Waals surface area (Å²) in [7, 11) is 0. The fraction of sp³-hybridized carbons (Fsp3) is 0.462. The Morgan fingerprint density at radius 3 is 2.15 bits per heavy atom. The summed E-state index contributed by atoms with van der Waals surface area (Å²) >= 11 is 18.9. The van der Waals surface area contributed by atoms with Gasteiger partial charge in [-0.15, -0.1) is 22.7 Å². The van der Waals surface area contributed by atoms with E-state index in [1.165, 1.54) is 90.2 Å². The molecule has 0 saturated heterocycles. The molecule has 182 valence electrons. The van der Waals surface area contributed by atoms with Crippen molar-refractivity contribution in [1.29, 1.82) is 0 Å². The van der Waals surface area contributed by atoms with Crippen LogP contribution in [0.3, 0.4) is 0 Å². The van der Waals surface area contributed by atoms with Crippen LogP contribution in [0.15, 0.2) is 31.8 Å². The van der Waals surface area contributed by atoms with E-state index < -0.39 is 0 Å². The molecule has 0 aliphatic rings. The molecule has 0 bridgehead atoms. The molecule has 0 fully saturated rings. The van der Waals surface area contributed by atoms with E-state index in [9.17, 15) is 0 Å². The predicted molar refractivity (Wildman–Crippen MR) is 160 cm³/mol. The molecular formula is C26H29Br2ClN2S3. The highest BCUT2D eigenvalue weighted by atomic mass is 79.9. The van der Waals surface area contributed by atoms with E-state index in [0.29, 0.717) is 0 Å². The smallest absolute Gasteiger partial charge is 0.115 e. The monoisotopic (exact) mass is 658 g/mol. The molecule has 0 radical (unpaired) electrons. The van der Waals surface area contributed by atoms with E-state index in [-0.39, 0.29) is 0 Å². The first-order chi connectivity index (χ1) is 16.6. The summed E-state index contributed by atoms with van der Waals surface area (Å²) in [5, 5.41) is 0.727. The Bertz CT molecular complexity index is 1210. The van der Waals surface area contributed by atoms with Crippen LogP contribution in [0.25, 0.3) is 31.9 Å².